The van der Waals surface area contributed by atoms with E-state index in [9.17, 15) is 8.42 Å². The van der Waals surface area contributed by atoms with Gasteiger partial charge in [0, 0.05) is 30.4 Å². The average molecular weight is 515 g/mol. The van der Waals surface area contributed by atoms with Crippen LogP contribution in [0, 0.1) is 6.92 Å². The summed E-state index contributed by atoms with van der Waals surface area (Å²) in [6.45, 7) is 3.61. The molecule has 0 unspecified atom stereocenters. The molecule has 10 heteroatoms. The first-order valence-corrected chi connectivity index (χ1v) is 12.4. The number of ether oxygens (including phenoxy) is 6. The lowest BCUT2D eigenvalue weighted by Crippen LogP contribution is -2.10. The zero-order valence-corrected chi connectivity index (χ0v) is 21.8. The number of hydrogen-bond donors (Lipinski definition) is 0. The number of benzene rings is 2. The molecule has 8 nitrogen and oxygen atoms in total. The highest BCUT2D eigenvalue weighted by atomic mass is 35.5. The monoisotopic (exact) mass is 514 g/mol. The van der Waals surface area contributed by atoms with Gasteiger partial charge >= 0.3 is 0 Å². The second-order valence-electron chi connectivity index (χ2n) is 7.40. The van der Waals surface area contributed by atoms with Crippen LogP contribution in [0.1, 0.15) is 18.1 Å². The van der Waals surface area contributed by atoms with E-state index in [4.69, 9.17) is 40.0 Å². The van der Waals surface area contributed by atoms with Crippen LogP contribution in [0.15, 0.2) is 40.8 Å². The summed E-state index contributed by atoms with van der Waals surface area (Å²) in [5.41, 5.74) is 2.15. The summed E-state index contributed by atoms with van der Waals surface area (Å²) in [7, 11) is 2.51. The van der Waals surface area contributed by atoms with Crippen LogP contribution < -0.4 is 18.9 Å². The molecule has 188 valence electrons. The smallest absolute Gasteiger partial charge is 0.207 e. The van der Waals surface area contributed by atoms with Crippen molar-refractivity contribution in [2.75, 3.05) is 47.8 Å². The first-order valence-electron chi connectivity index (χ1n) is 10.3. The number of sulfone groups is 1. The van der Waals surface area contributed by atoms with Gasteiger partial charge in [-0.1, -0.05) is 23.3 Å². The molecule has 0 aliphatic rings. The Balaban J connectivity index is 2.47. The lowest BCUT2D eigenvalue weighted by molar-refractivity contribution is 0.0439. The standard InChI is InChI=1S/C24H31ClO8S/c1-16(13-34(26,27)19-10-8-18(25)9-11-19)7-12-20-17(2)21(32-14-28-3)23(30-5)24(31-6)22(20)33-15-29-4/h7-11H,12-15H2,1-6H3/b16-7+. The van der Waals surface area contributed by atoms with Gasteiger partial charge in [-0.25, -0.2) is 8.42 Å². The third-order valence-electron chi connectivity index (χ3n) is 4.98. The lowest BCUT2D eigenvalue weighted by Gasteiger charge is -2.22. The molecule has 0 heterocycles. The van der Waals surface area contributed by atoms with E-state index < -0.39 is 9.84 Å². The molecule has 0 radical (unpaired) electrons. The molecule has 0 bridgehead atoms. The van der Waals surface area contributed by atoms with E-state index in [1.54, 1.807) is 19.1 Å². The van der Waals surface area contributed by atoms with E-state index in [2.05, 4.69) is 0 Å². The second kappa shape index (κ2) is 12.9. The van der Waals surface area contributed by atoms with Crippen molar-refractivity contribution in [3.8, 4) is 23.0 Å². The highest BCUT2D eigenvalue weighted by Crippen LogP contribution is 2.49. The number of hydrogen-bond acceptors (Lipinski definition) is 8. The molecule has 0 aliphatic heterocycles. The molecule has 2 aromatic rings. The fourth-order valence-electron chi connectivity index (χ4n) is 3.36. The molecule has 2 aromatic carbocycles. The van der Waals surface area contributed by atoms with Crippen LogP contribution in [0.4, 0.5) is 0 Å². The predicted octanol–water partition coefficient (Wildman–Crippen LogP) is 4.59. The van der Waals surface area contributed by atoms with Crippen LogP contribution in [-0.4, -0.2) is 56.2 Å². The quantitative estimate of drug-likeness (QED) is 0.283. The predicted molar refractivity (Wildman–Crippen MR) is 130 cm³/mol. The molecule has 2 rings (SSSR count). The van der Waals surface area contributed by atoms with Crippen LogP contribution in [0.5, 0.6) is 23.0 Å². The third-order valence-corrected chi connectivity index (χ3v) is 7.06. The molecule has 0 amide bonds. The summed E-state index contributed by atoms with van der Waals surface area (Å²) in [5, 5.41) is 0.477. The maximum atomic E-state index is 12.8. The van der Waals surface area contributed by atoms with Crippen molar-refractivity contribution >= 4 is 21.4 Å². The molecule has 0 atom stereocenters. The van der Waals surface area contributed by atoms with E-state index in [0.717, 1.165) is 11.1 Å². The zero-order valence-electron chi connectivity index (χ0n) is 20.3. The van der Waals surface area contributed by atoms with Crippen LogP contribution in [-0.2, 0) is 25.7 Å². The van der Waals surface area contributed by atoms with Crippen LogP contribution >= 0.6 is 11.6 Å². The Labute approximate surface area is 206 Å². The summed E-state index contributed by atoms with van der Waals surface area (Å²) in [5.74, 6) is 1.43. The van der Waals surface area contributed by atoms with Gasteiger partial charge < -0.3 is 28.4 Å². The Morgan fingerprint density at radius 2 is 1.41 bits per heavy atom. The Bertz CT molecular complexity index is 1100. The normalized spacial score (nSPS) is 11.9. The minimum absolute atomic E-state index is 0.00622. The van der Waals surface area contributed by atoms with Crippen LogP contribution in [0.3, 0.4) is 0 Å². The third kappa shape index (κ3) is 6.79. The van der Waals surface area contributed by atoms with Crippen molar-refractivity contribution in [1.29, 1.82) is 0 Å². The van der Waals surface area contributed by atoms with Crippen molar-refractivity contribution in [2.45, 2.75) is 25.2 Å². The number of methoxy groups -OCH3 is 4. The van der Waals surface area contributed by atoms with Crippen LogP contribution in [0.2, 0.25) is 5.02 Å². The highest BCUT2D eigenvalue weighted by molar-refractivity contribution is 7.91. The number of allylic oxidation sites excluding steroid dienone is 1. The van der Waals surface area contributed by atoms with Crippen molar-refractivity contribution in [3.63, 3.8) is 0 Å². The molecule has 0 aromatic heterocycles. The molecule has 0 aliphatic carbocycles. The van der Waals surface area contributed by atoms with Crippen molar-refractivity contribution < 1.29 is 36.8 Å². The number of rotatable bonds is 13. The summed E-state index contributed by atoms with van der Waals surface area (Å²) >= 11 is 5.88. The van der Waals surface area contributed by atoms with Gasteiger partial charge in [0.1, 0.15) is 0 Å². The van der Waals surface area contributed by atoms with Gasteiger partial charge in [0.25, 0.3) is 0 Å². The Kier molecular flexibility index (Phi) is 10.5. The topological polar surface area (TPSA) is 89.5 Å². The van der Waals surface area contributed by atoms with E-state index in [-0.39, 0.29) is 24.2 Å². The Hall–Kier alpha value is -2.46. The summed E-state index contributed by atoms with van der Waals surface area (Å²) in [6.07, 6.45) is 2.19. The Morgan fingerprint density at radius 3 is 1.94 bits per heavy atom. The summed E-state index contributed by atoms with van der Waals surface area (Å²) in [6, 6.07) is 6.11. The zero-order chi connectivity index (χ0) is 25.3. The van der Waals surface area contributed by atoms with E-state index in [0.29, 0.717) is 40.0 Å². The number of halogens is 1. The van der Waals surface area contributed by atoms with Gasteiger partial charge in [0.05, 0.1) is 24.9 Å². The molecule has 0 spiro atoms. The average Bonchev–Trinajstić information content (AvgIpc) is 2.80. The maximum absolute atomic E-state index is 12.8. The summed E-state index contributed by atoms with van der Waals surface area (Å²) in [4.78, 5) is 0.214. The molecule has 0 fully saturated rings. The van der Waals surface area contributed by atoms with E-state index >= 15 is 0 Å². The van der Waals surface area contributed by atoms with Gasteiger partial charge in [-0.05, 0) is 44.5 Å². The van der Waals surface area contributed by atoms with Gasteiger partial charge in [-0.3, -0.25) is 0 Å². The largest absolute Gasteiger partial charge is 0.490 e. The first-order chi connectivity index (χ1) is 16.2. The fraction of sp³-hybridized carbons (Fsp3) is 0.417. The van der Waals surface area contributed by atoms with Gasteiger partial charge in [0.15, 0.2) is 34.9 Å². The van der Waals surface area contributed by atoms with Gasteiger partial charge in [0.2, 0.25) is 11.5 Å². The molecular weight excluding hydrogens is 484 g/mol. The first kappa shape index (κ1) is 27.8. The molecule has 34 heavy (non-hydrogen) atoms. The SMILES string of the molecule is COCOc1c(C)c(C/C=C(\C)CS(=O)(=O)c2ccc(Cl)cc2)c(OCOC)c(OC)c1OC. The molecular formula is C24H31ClO8S. The van der Waals surface area contributed by atoms with Gasteiger partial charge in [-0.2, -0.15) is 0 Å². The maximum Gasteiger partial charge on any atom is 0.207 e. The molecule has 0 saturated carbocycles. The second-order valence-corrected chi connectivity index (χ2v) is 9.82. The van der Waals surface area contributed by atoms with E-state index in [1.165, 1.54) is 40.6 Å². The Morgan fingerprint density at radius 1 is 0.882 bits per heavy atom. The fourth-order valence-corrected chi connectivity index (χ4v) is 4.92. The van der Waals surface area contributed by atoms with Crippen molar-refractivity contribution in [1.82, 2.24) is 0 Å². The van der Waals surface area contributed by atoms with E-state index in [1.807, 2.05) is 13.0 Å². The molecule has 0 N–H and O–H groups in total. The lowest BCUT2D eigenvalue weighted by atomic mass is 10.0. The minimum atomic E-state index is -3.52. The molecule has 0 saturated heterocycles. The van der Waals surface area contributed by atoms with Crippen molar-refractivity contribution in [2.24, 2.45) is 0 Å². The van der Waals surface area contributed by atoms with Crippen molar-refractivity contribution in [3.05, 3.63) is 52.1 Å². The highest BCUT2D eigenvalue weighted by Gasteiger charge is 2.26. The van der Waals surface area contributed by atoms with Gasteiger partial charge in [-0.15, -0.1) is 0 Å². The van der Waals surface area contributed by atoms with Crippen LogP contribution in [0.25, 0.3) is 0 Å². The minimum Gasteiger partial charge on any atom is -0.490 e. The summed E-state index contributed by atoms with van der Waals surface area (Å²) < 4.78 is 58.5.